The van der Waals surface area contributed by atoms with Gasteiger partial charge in [0.2, 0.25) is 0 Å². The summed E-state index contributed by atoms with van der Waals surface area (Å²) in [5.41, 5.74) is 4.79. The van der Waals surface area contributed by atoms with E-state index in [1.807, 2.05) is 49.7 Å². The number of amides is 2. The van der Waals surface area contributed by atoms with Crippen molar-refractivity contribution in [3.05, 3.63) is 104 Å². The molecule has 1 aliphatic heterocycles. The Hall–Kier alpha value is -4.66. The van der Waals surface area contributed by atoms with Gasteiger partial charge >= 0.3 is 0 Å². The molecular weight excluding hydrogens is 446 g/mol. The van der Waals surface area contributed by atoms with Crippen LogP contribution in [0.15, 0.2) is 59.7 Å². The standard InChI is InChI=1S/C26H21N5O4/c1-15-7-9-18(10-8-15)14-29-17(3)22(16(2)28-29)13-27-30-25(32)20-6-4-5-19-23(31(34)35)12-11-21(24(19)20)26(30)33/h4-13H,14H2,1-3H3. The van der Waals surface area contributed by atoms with Crippen molar-refractivity contribution < 1.29 is 14.5 Å². The highest BCUT2D eigenvalue weighted by atomic mass is 16.6. The third-order valence-corrected chi connectivity index (χ3v) is 6.25. The maximum atomic E-state index is 13.2. The monoisotopic (exact) mass is 467 g/mol. The first-order chi connectivity index (χ1) is 16.8. The van der Waals surface area contributed by atoms with Gasteiger partial charge in [0.25, 0.3) is 17.5 Å². The quantitative estimate of drug-likeness (QED) is 0.185. The van der Waals surface area contributed by atoms with Gasteiger partial charge in [-0.15, -0.1) is 0 Å². The Morgan fingerprint density at radius 2 is 1.66 bits per heavy atom. The second-order valence-electron chi connectivity index (χ2n) is 8.51. The molecule has 174 valence electrons. The van der Waals surface area contributed by atoms with E-state index in [1.165, 1.54) is 30.0 Å². The average molecular weight is 467 g/mol. The number of hydrazone groups is 1. The number of nitro benzene ring substituents is 1. The number of hydrogen-bond donors (Lipinski definition) is 0. The maximum Gasteiger partial charge on any atom is 0.282 e. The molecule has 2 amide bonds. The SMILES string of the molecule is Cc1ccc(Cn2nc(C)c(C=NN3C(=O)c4cccc5c([N+](=O)[O-])ccc(c45)C3=O)c2C)cc1. The summed E-state index contributed by atoms with van der Waals surface area (Å²) < 4.78 is 1.86. The van der Waals surface area contributed by atoms with E-state index in [2.05, 4.69) is 10.2 Å². The zero-order chi connectivity index (χ0) is 24.9. The van der Waals surface area contributed by atoms with Gasteiger partial charge in [-0.1, -0.05) is 35.9 Å². The zero-order valence-electron chi connectivity index (χ0n) is 19.3. The van der Waals surface area contributed by atoms with Crippen molar-refractivity contribution in [3.63, 3.8) is 0 Å². The summed E-state index contributed by atoms with van der Waals surface area (Å²) in [5, 5.41) is 21.6. The second kappa shape index (κ2) is 8.28. The molecule has 0 atom stereocenters. The van der Waals surface area contributed by atoms with Gasteiger partial charge in [-0.25, -0.2) is 0 Å². The molecule has 0 saturated heterocycles. The highest BCUT2D eigenvalue weighted by Gasteiger charge is 2.34. The number of aryl methyl sites for hydroxylation is 2. The normalized spacial score (nSPS) is 13.3. The number of carbonyl (C=O) groups excluding carboxylic acids is 2. The Morgan fingerprint density at radius 3 is 2.34 bits per heavy atom. The lowest BCUT2D eigenvalue weighted by atomic mass is 9.94. The minimum absolute atomic E-state index is 0.157. The number of rotatable bonds is 5. The summed E-state index contributed by atoms with van der Waals surface area (Å²) in [4.78, 5) is 37.2. The van der Waals surface area contributed by atoms with Gasteiger partial charge in [-0.3, -0.25) is 24.4 Å². The van der Waals surface area contributed by atoms with Crippen LogP contribution >= 0.6 is 0 Å². The summed E-state index contributed by atoms with van der Waals surface area (Å²) in [6.45, 7) is 6.36. The molecule has 0 bridgehead atoms. The van der Waals surface area contributed by atoms with E-state index in [-0.39, 0.29) is 27.6 Å². The summed E-state index contributed by atoms with van der Waals surface area (Å²) in [7, 11) is 0. The topological polar surface area (TPSA) is 111 Å². The molecule has 0 fully saturated rings. The van der Waals surface area contributed by atoms with Crippen molar-refractivity contribution in [2.24, 2.45) is 5.10 Å². The Balaban J connectivity index is 1.49. The number of aromatic nitrogens is 2. The minimum Gasteiger partial charge on any atom is -0.267 e. The molecule has 0 aliphatic carbocycles. The smallest absolute Gasteiger partial charge is 0.267 e. The van der Waals surface area contributed by atoms with Gasteiger partial charge in [-0.2, -0.15) is 15.2 Å². The summed E-state index contributed by atoms with van der Waals surface area (Å²) >= 11 is 0. The van der Waals surface area contributed by atoms with Gasteiger partial charge < -0.3 is 0 Å². The van der Waals surface area contributed by atoms with Crippen LogP contribution in [0.3, 0.4) is 0 Å². The van der Waals surface area contributed by atoms with Gasteiger partial charge in [0.15, 0.2) is 0 Å². The number of carbonyl (C=O) groups is 2. The van der Waals surface area contributed by atoms with Crippen LogP contribution in [0.1, 0.15) is 48.8 Å². The van der Waals surface area contributed by atoms with E-state index in [0.717, 1.165) is 16.3 Å². The largest absolute Gasteiger partial charge is 0.282 e. The number of non-ortho nitro benzene ring substituents is 1. The molecule has 0 unspecified atom stereocenters. The van der Waals surface area contributed by atoms with Crippen LogP contribution < -0.4 is 0 Å². The first-order valence-corrected chi connectivity index (χ1v) is 11.0. The van der Waals surface area contributed by atoms with Crippen molar-refractivity contribution in [1.29, 1.82) is 0 Å². The van der Waals surface area contributed by atoms with E-state index in [4.69, 9.17) is 0 Å². The lowest BCUT2D eigenvalue weighted by Crippen LogP contribution is -2.36. The van der Waals surface area contributed by atoms with Crippen molar-refractivity contribution in [3.8, 4) is 0 Å². The van der Waals surface area contributed by atoms with Crippen LogP contribution in [-0.2, 0) is 6.54 Å². The van der Waals surface area contributed by atoms with Gasteiger partial charge in [-0.05, 0) is 44.5 Å². The van der Waals surface area contributed by atoms with Crippen LogP contribution in [0.5, 0.6) is 0 Å². The third-order valence-electron chi connectivity index (χ3n) is 6.25. The predicted molar refractivity (Wildman–Crippen MR) is 131 cm³/mol. The van der Waals surface area contributed by atoms with Crippen molar-refractivity contribution in [2.75, 3.05) is 0 Å². The molecule has 9 nitrogen and oxygen atoms in total. The lowest BCUT2D eigenvalue weighted by Gasteiger charge is -2.23. The fraction of sp³-hybridized carbons (Fsp3) is 0.154. The lowest BCUT2D eigenvalue weighted by molar-refractivity contribution is -0.383. The van der Waals surface area contributed by atoms with Gasteiger partial charge in [0, 0.05) is 22.7 Å². The summed E-state index contributed by atoms with van der Waals surface area (Å²) in [6.07, 6.45) is 1.47. The Labute approximate surface area is 200 Å². The van der Waals surface area contributed by atoms with Crippen LogP contribution in [0, 0.1) is 30.9 Å². The fourth-order valence-corrected chi connectivity index (χ4v) is 4.37. The maximum absolute atomic E-state index is 13.2. The first kappa shape index (κ1) is 22.1. The zero-order valence-corrected chi connectivity index (χ0v) is 19.3. The third kappa shape index (κ3) is 3.67. The molecule has 2 heterocycles. The predicted octanol–water partition coefficient (Wildman–Crippen LogP) is 4.55. The van der Waals surface area contributed by atoms with E-state index < -0.39 is 16.7 Å². The minimum atomic E-state index is -0.632. The van der Waals surface area contributed by atoms with Gasteiger partial charge in [0.05, 0.1) is 39.9 Å². The fourth-order valence-electron chi connectivity index (χ4n) is 4.37. The first-order valence-electron chi connectivity index (χ1n) is 11.0. The van der Waals surface area contributed by atoms with E-state index in [0.29, 0.717) is 17.8 Å². The van der Waals surface area contributed by atoms with Crippen molar-refractivity contribution in [2.45, 2.75) is 27.3 Å². The average Bonchev–Trinajstić information content (AvgIpc) is 3.10. The van der Waals surface area contributed by atoms with Crippen molar-refractivity contribution >= 4 is 34.5 Å². The van der Waals surface area contributed by atoms with Crippen LogP contribution in [0.2, 0.25) is 0 Å². The van der Waals surface area contributed by atoms with Crippen LogP contribution in [-0.4, -0.2) is 37.7 Å². The molecule has 35 heavy (non-hydrogen) atoms. The molecule has 0 spiro atoms. The Kier molecular flexibility index (Phi) is 5.24. The molecule has 1 aliphatic rings. The van der Waals surface area contributed by atoms with Crippen LogP contribution in [0.25, 0.3) is 10.8 Å². The summed E-state index contributed by atoms with van der Waals surface area (Å²) in [6, 6.07) is 15.5. The Morgan fingerprint density at radius 1 is 0.971 bits per heavy atom. The highest BCUT2D eigenvalue weighted by molar-refractivity contribution is 6.26. The molecule has 3 aromatic carbocycles. The van der Waals surface area contributed by atoms with Gasteiger partial charge in [0.1, 0.15) is 0 Å². The van der Waals surface area contributed by atoms with Crippen LogP contribution in [0.4, 0.5) is 5.69 Å². The number of imide groups is 1. The molecule has 1 aromatic heterocycles. The second-order valence-corrected chi connectivity index (χ2v) is 8.51. The molecule has 5 rings (SSSR count). The molecule has 0 saturated carbocycles. The Bertz CT molecular complexity index is 1540. The van der Waals surface area contributed by atoms with Crippen molar-refractivity contribution in [1.82, 2.24) is 14.8 Å². The molecule has 9 heteroatoms. The molecular formula is C26H21N5O4. The van der Waals surface area contributed by atoms with E-state index in [1.54, 1.807) is 12.1 Å². The highest BCUT2D eigenvalue weighted by Crippen LogP contribution is 2.35. The molecule has 4 aromatic rings. The molecule has 0 N–H and O–H groups in total. The van der Waals surface area contributed by atoms with E-state index >= 15 is 0 Å². The number of nitro groups is 1. The number of hydrogen-bond acceptors (Lipinski definition) is 6. The number of nitrogens with zero attached hydrogens (tertiary/aromatic N) is 5. The summed E-state index contributed by atoms with van der Waals surface area (Å²) in [5.74, 6) is -1.26. The molecule has 0 radical (unpaired) electrons. The van der Waals surface area contributed by atoms with E-state index in [9.17, 15) is 19.7 Å². The number of benzene rings is 3.